The minimum absolute atomic E-state index is 0.177. The Morgan fingerprint density at radius 2 is 2.17 bits per heavy atom. The summed E-state index contributed by atoms with van der Waals surface area (Å²) in [4.78, 5) is 0. The van der Waals surface area contributed by atoms with Gasteiger partial charge in [0, 0.05) is 22.5 Å². The van der Waals surface area contributed by atoms with Gasteiger partial charge in [0.15, 0.2) is 0 Å². The number of halogens is 1. The second kappa shape index (κ2) is 2.64. The quantitative estimate of drug-likeness (QED) is 0.698. The highest BCUT2D eigenvalue weighted by Crippen LogP contribution is 2.46. The number of benzene rings is 1. The maximum absolute atomic E-state index is 9.48. The number of aromatic hydroxyl groups is 1. The molecule has 2 nitrogen and oxygen atoms in total. The van der Waals surface area contributed by atoms with E-state index in [9.17, 15) is 5.11 Å². The number of nitrogens with two attached hydrogens (primary N) is 1. The van der Waals surface area contributed by atoms with E-state index in [4.69, 9.17) is 17.3 Å². The summed E-state index contributed by atoms with van der Waals surface area (Å²) in [7, 11) is 0. The van der Waals surface area contributed by atoms with E-state index in [1.807, 2.05) is 0 Å². The molecule has 2 atom stereocenters. The molecule has 3 N–H and O–H groups in total. The third-order valence-electron chi connectivity index (χ3n) is 2.24. The third kappa shape index (κ3) is 1.17. The summed E-state index contributed by atoms with van der Waals surface area (Å²) in [6, 6.07) is 5.33. The molecule has 2 rings (SSSR count). The van der Waals surface area contributed by atoms with Gasteiger partial charge in [-0.1, -0.05) is 17.7 Å². The Balaban J connectivity index is 2.41. The van der Waals surface area contributed by atoms with Crippen LogP contribution in [0, 0.1) is 0 Å². The maximum Gasteiger partial charge on any atom is 0.120 e. The van der Waals surface area contributed by atoms with Gasteiger partial charge in [-0.2, -0.15) is 0 Å². The molecule has 1 aromatic carbocycles. The van der Waals surface area contributed by atoms with Crippen LogP contribution in [-0.4, -0.2) is 11.1 Å². The van der Waals surface area contributed by atoms with E-state index < -0.39 is 0 Å². The van der Waals surface area contributed by atoms with Crippen LogP contribution in [0.25, 0.3) is 0 Å². The average molecular weight is 184 g/mol. The van der Waals surface area contributed by atoms with Gasteiger partial charge in [0.2, 0.25) is 0 Å². The van der Waals surface area contributed by atoms with Crippen molar-refractivity contribution in [3.8, 4) is 5.75 Å². The van der Waals surface area contributed by atoms with E-state index in [1.165, 1.54) is 0 Å². The molecule has 0 radical (unpaired) electrons. The van der Waals surface area contributed by atoms with E-state index >= 15 is 0 Å². The summed E-state index contributed by atoms with van der Waals surface area (Å²) in [5, 5.41) is 10.1. The lowest BCUT2D eigenvalue weighted by Gasteiger charge is -2.04. The van der Waals surface area contributed by atoms with E-state index in [-0.39, 0.29) is 17.7 Å². The monoisotopic (exact) mass is 183 g/mol. The van der Waals surface area contributed by atoms with Gasteiger partial charge in [-0.3, -0.25) is 0 Å². The molecule has 1 aromatic rings. The second-order valence-corrected chi connectivity index (χ2v) is 3.59. The summed E-state index contributed by atoms with van der Waals surface area (Å²) in [6.45, 7) is 0. The smallest absolute Gasteiger partial charge is 0.120 e. The first kappa shape index (κ1) is 7.90. The molecule has 1 fully saturated rings. The van der Waals surface area contributed by atoms with E-state index in [0.717, 1.165) is 12.0 Å². The van der Waals surface area contributed by atoms with Gasteiger partial charge in [0.1, 0.15) is 5.75 Å². The van der Waals surface area contributed by atoms with Crippen LogP contribution in [0.15, 0.2) is 18.2 Å². The number of hydrogen-bond donors (Lipinski definition) is 2. The highest BCUT2D eigenvalue weighted by molar-refractivity contribution is 6.31. The van der Waals surface area contributed by atoms with Crippen LogP contribution in [0.3, 0.4) is 0 Å². The number of hydrogen-bond acceptors (Lipinski definition) is 2. The lowest BCUT2D eigenvalue weighted by molar-refractivity contribution is 0.468. The van der Waals surface area contributed by atoms with Crippen molar-refractivity contribution in [2.75, 3.05) is 0 Å². The van der Waals surface area contributed by atoms with Crippen LogP contribution in [0.4, 0.5) is 0 Å². The second-order valence-electron chi connectivity index (χ2n) is 3.18. The molecule has 1 saturated carbocycles. The number of rotatable bonds is 1. The van der Waals surface area contributed by atoms with E-state index in [1.54, 1.807) is 18.2 Å². The van der Waals surface area contributed by atoms with E-state index in [0.29, 0.717) is 5.02 Å². The molecular weight excluding hydrogens is 174 g/mol. The highest BCUT2D eigenvalue weighted by Gasteiger charge is 2.37. The fraction of sp³-hybridized carbons (Fsp3) is 0.333. The summed E-state index contributed by atoms with van der Waals surface area (Å²) in [5.74, 6) is 0.527. The molecule has 0 heterocycles. The summed E-state index contributed by atoms with van der Waals surface area (Å²) in [5.41, 5.74) is 6.48. The zero-order valence-corrected chi connectivity index (χ0v) is 7.25. The fourth-order valence-electron chi connectivity index (χ4n) is 1.44. The normalized spacial score (nSPS) is 27.2. The molecule has 0 amide bonds. The minimum atomic E-state index is 0.177. The van der Waals surface area contributed by atoms with Gasteiger partial charge in [-0.15, -0.1) is 0 Å². The molecular formula is C9H10ClNO. The van der Waals surface area contributed by atoms with Crippen LogP contribution in [0.2, 0.25) is 5.02 Å². The van der Waals surface area contributed by atoms with Crippen molar-refractivity contribution in [2.45, 2.75) is 18.4 Å². The number of phenolic OH excluding ortho intramolecular Hbond substituents is 1. The van der Waals surface area contributed by atoms with Crippen LogP contribution in [-0.2, 0) is 0 Å². The fourth-order valence-corrected chi connectivity index (χ4v) is 1.75. The first-order valence-corrected chi connectivity index (χ1v) is 4.31. The van der Waals surface area contributed by atoms with Crippen molar-refractivity contribution in [1.29, 1.82) is 0 Å². The summed E-state index contributed by atoms with van der Waals surface area (Å²) < 4.78 is 0. The van der Waals surface area contributed by atoms with Crippen LogP contribution < -0.4 is 5.73 Å². The van der Waals surface area contributed by atoms with Gasteiger partial charge in [0.25, 0.3) is 0 Å². The van der Waals surface area contributed by atoms with Gasteiger partial charge >= 0.3 is 0 Å². The molecule has 1 aliphatic carbocycles. The zero-order valence-electron chi connectivity index (χ0n) is 6.50. The summed E-state index contributed by atoms with van der Waals surface area (Å²) >= 11 is 5.91. The molecule has 0 aliphatic heterocycles. The van der Waals surface area contributed by atoms with Crippen LogP contribution in [0.5, 0.6) is 5.75 Å². The zero-order chi connectivity index (χ0) is 8.72. The lowest BCUT2D eigenvalue weighted by Crippen LogP contribution is -2.01. The Kier molecular flexibility index (Phi) is 1.74. The molecule has 0 spiro atoms. The standard InChI is InChI=1S/C9H10ClNO/c10-6-2-1-3-8(12)9(6)5-4-7(5)11/h1-3,5,7,12H,4,11H2. The van der Waals surface area contributed by atoms with Crippen molar-refractivity contribution in [3.63, 3.8) is 0 Å². The van der Waals surface area contributed by atoms with Crippen molar-refractivity contribution in [3.05, 3.63) is 28.8 Å². The van der Waals surface area contributed by atoms with Crippen molar-refractivity contribution < 1.29 is 5.11 Å². The van der Waals surface area contributed by atoms with Gasteiger partial charge in [-0.25, -0.2) is 0 Å². The Morgan fingerprint density at radius 3 is 2.67 bits per heavy atom. The molecule has 3 heteroatoms. The Hall–Kier alpha value is -0.730. The molecule has 12 heavy (non-hydrogen) atoms. The molecule has 1 aliphatic rings. The first-order valence-electron chi connectivity index (χ1n) is 3.93. The van der Waals surface area contributed by atoms with Crippen molar-refractivity contribution >= 4 is 11.6 Å². The first-order chi connectivity index (χ1) is 5.70. The van der Waals surface area contributed by atoms with Crippen molar-refractivity contribution in [2.24, 2.45) is 5.73 Å². The van der Waals surface area contributed by atoms with Crippen LogP contribution >= 0.6 is 11.6 Å². The van der Waals surface area contributed by atoms with E-state index in [2.05, 4.69) is 0 Å². The van der Waals surface area contributed by atoms with Gasteiger partial charge in [-0.05, 0) is 18.6 Å². The Bertz CT molecular complexity index is 293. The maximum atomic E-state index is 9.48. The van der Waals surface area contributed by atoms with Crippen LogP contribution in [0.1, 0.15) is 17.9 Å². The largest absolute Gasteiger partial charge is 0.508 e. The molecule has 0 aromatic heterocycles. The average Bonchev–Trinajstić information content (AvgIpc) is 2.67. The molecule has 64 valence electrons. The number of phenols is 1. The third-order valence-corrected chi connectivity index (χ3v) is 2.57. The lowest BCUT2D eigenvalue weighted by atomic mass is 10.1. The predicted molar refractivity (Wildman–Crippen MR) is 48.5 cm³/mol. The highest BCUT2D eigenvalue weighted by atomic mass is 35.5. The van der Waals surface area contributed by atoms with Gasteiger partial charge < -0.3 is 10.8 Å². The Labute approximate surface area is 76.0 Å². The SMILES string of the molecule is NC1CC1c1c(O)cccc1Cl. The van der Waals surface area contributed by atoms with Crippen molar-refractivity contribution in [1.82, 2.24) is 0 Å². The summed E-state index contributed by atoms with van der Waals surface area (Å²) in [6.07, 6.45) is 0.928. The minimum Gasteiger partial charge on any atom is -0.508 e. The molecule has 0 saturated heterocycles. The predicted octanol–water partition coefficient (Wildman–Crippen LogP) is 1.86. The topological polar surface area (TPSA) is 46.2 Å². The molecule has 2 unspecified atom stereocenters. The molecule has 0 bridgehead atoms. The Morgan fingerprint density at radius 1 is 1.50 bits per heavy atom. The van der Waals surface area contributed by atoms with Gasteiger partial charge in [0.05, 0.1) is 0 Å².